The van der Waals surface area contributed by atoms with Gasteiger partial charge in [-0.25, -0.2) is 18.6 Å². The summed E-state index contributed by atoms with van der Waals surface area (Å²) < 4.78 is 69.6. The van der Waals surface area contributed by atoms with E-state index in [-0.39, 0.29) is 5.56 Å². The fourth-order valence-electron chi connectivity index (χ4n) is 1.80. The molecule has 0 fully saturated rings. The maximum atomic E-state index is 14.0. The van der Waals surface area contributed by atoms with Crippen LogP contribution in [-0.2, 0) is 10.9 Å². The number of esters is 1. The maximum Gasteiger partial charge on any atom is 0.416 e. The number of nitrogen functional groups attached to an aromatic ring is 1. The molecule has 0 spiro atoms. The largest absolute Gasteiger partial charge is 0.464 e. The first-order valence-corrected chi connectivity index (χ1v) is 6.07. The second-order valence-electron chi connectivity index (χ2n) is 4.42. The predicted molar refractivity (Wildman–Crippen MR) is 70.3 cm³/mol. The van der Waals surface area contributed by atoms with Crippen molar-refractivity contribution in [1.29, 1.82) is 0 Å². The van der Waals surface area contributed by atoms with Crippen LogP contribution < -0.4 is 5.73 Å². The summed E-state index contributed by atoms with van der Waals surface area (Å²) in [4.78, 5) is 14.9. The number of aromatic nitrogens is 1. The molecule has 0 aliphatic carbocycles. The smallest absolute Gasteiger partial charge is 0.416 e. The van der Waals surface area contributed by atoms with Crippen molar-refractivity contribution in [2.24, 2.45) is 0 Å². The van der Waals surface area contributed by atoms with Gasteiger partial charge >= 0.3 is 12.1 Å². The van der Waals surface area contributed by atoms with E-state index >= 15 is 0 Å². The van der Waals surface area contributed by atoms with Crippen molar-refractivity contribution in [2.75, 3.05) is 12.8 Å². The molecule has 23 heavy (non-hydrogen) atoms. The standard InChI is InChI=1S/C14H9F5N2O2/c1-23-13(22)12-9(16)10(20)8(15)11(21-12)6-2-4-7(5-3-6)14(17,18)19/h2-5H,1H3,(H2,20,21). The summed E-state index contributed by atoms with van der Waals surface area (Å²) in [7, 11) is 0.959. The molecule has 2 N–H and O–H groups in total. The minimum absolute atomic E-state index is 0.104. The zero-order chi connectivity index (χ0) is 17.4. The summed E-state index contributed by atoms with van der Waals surface area (Å²) in [5.74, 6) is -3.87. The summed E-state index contributed by atoms with van der Waals surface area (Å²) in [6.45, 7) is 0. The van der Waals surface area contributed by atoms with Crippen molar-refractivity contribution in [2.45, 2.75) is 6.18 Å². The number of anilines is 1. The molecule has 0 saturated carbocycles. The third-order valence-electron chi connectivity index (χ3n) is 2.98. The van der Waals surface area contributed by atoms with Crippen molar-refractivity contribution in [1.82, 2.24) is 4.98 Å². The van der Waals surface area contributed by atoms with Crippen LogP contribution in [-0.4, -0.2) is 18.1 Å². The first-order valence-electron chi connectivity index (χ1n) is 6.07. The van der Waals surface area contributed by atoms with Crippen LogP contribution in [0.3, 0.4) is 0 Å². The molecule has 4 nitrogen and oxygen atoms in total. The molecule has 0 aliphatic rings. The van der Waals surface area contributed by atoms with Gasteiger partial charge in [0.1, 0.15) is 11.4 Å². The van der Waals surface area contributed by atoms with Crippen LogP contribution in [0.1, 0.15) is 16.1 Å². The fourth-order valence-corrected chi connectivity index (χ4v) is 1.80. The van der Waals surface area contributed by atoms with Crippen LogP contribution in [0.4, 0.5) is 27.6 Å². The average molecular weight is 332 g/mol. The van der Waals surface area contributed by atoms with Gasteiger partial charge in [0.2, 0.25) is 0 Å². The number of rotatable bonds is 2. The lowest BCUT2D eigenvalue weighted by molar-refractivity contribution is -0.137. The molecule has 2 rings (SSSR count). The Bertz CT molecular complexity index is 757. The summed E-state index contributed by atoms with van der Waals surface area (Å²) in [5, 5.41) is 0. The number of nitrogens with two attached hydrogens (primary N) is 1. The highest BCUT2D eigenvalue weighted by Gasteiger charge is 2.30. The topological polar surface area (TPSA) is 65.2 Å². The van der Waals surface area contributed by atoms with Gasteiger partial charge in [0.25, 0.3) is 0 Å². The third-order valence-corrected chi connectivity index (χ3v) is 2.98. The van der Waals surface area contributed by atoms with Gasteiger partial charge in [0.15, 0.2) is 17.3 Å². The van der Waals surface area contributed by atoms with Gasteiger partial charge in [-0.2, -0.15) is 13.2 Å². The fraction of sp³-hybridized carbons (Fsp3) is 0.143. The Morgan fingerprint density at radius 3 is 2.17 bits per heavy atom. The molecule has 0 aliphatic heterocycles. The van der Waals surface area contributed by atoms with Gasteiger partial charge in [-0.1, -0.05) is 12.1 Å². The SMILES string of the molecule is COC(=O)c1nc(-c2ccc(C(F)(F)F)cc2)c(F)c(N)c1F. The number of hydrogen-bond donors (Lipinski definition) is 1. The number of ether oxygens (including phenoxy) is 1. The molecule has 9 heteroatoms. The quantitative estimate of drug-likeness (QED) is 0.676. The molecule has 2 aromatic rings. The number of methoxy groups -OCH3 is 1. The van der Waals surface area contributed by atoms with Gasteiger partial charge in [-0.15, -0.1) is 0 Å². The van der Waals surface area contributed by atoms with E-state index in [2.05, 4.69) is 9.72 Å². The van der Waals surface area contributed by atoms with Crippen molar-refractivity contribution in [3.05, 3.63) is 47.2 Å². The highest BCUT2D eigenvalue weighted by atomic mass is 19.4. The summed E-state index contributed by atoms with van der Waals surface area (Å²) >= 11 is 0. The molecule has 1 heterocycles. The van der Waals surface area contributed by atoms with Crippen molar-refractivity contribution >= 4 is 11.7 Å². The lowest BCUT2D eigenvalue weighted by Crippen LogP contribution is -2.13. The number of hydrogen-bond acceptors (Lipinski definition) is 4. The molecular weight excluding hydrogens is 323 g/mol. The van der Waals surface area contributed by atoms with Gasteiger partial charge in [0, 0.05) is 5.56 Å². The highest BCUT2D eigenvalue weighted by molar-refractivity contribution is 5.89. The van der Waals surface area contributed by atoms with E-state index in [0.29, 0.717) is 12.1 Å². The van der Waals surface area contributed by atoms with Gasteiger partial charge < -0.3 is 10.5 Å². The molecule has 122 valence electrons. The van der Waals surface area contributed by atoms with Gasteiger partial charge in [0.05, 0.1) is 12.7 Å². The molecule has 1 aromatic carbocycles. The molecular formula is C14H9F5N2O2. The zero-order valence-electron chi connectivity index (χ0n) is 11.5. The number of alkyl halides is 3. The minimum Gasteiger partial charge on any atom is -0.464 e. The number of benzene rings is 1. The number of pyridine rings is 1. The summed E-state index contributed by atoms with van der Waals surface area (Å²) in [6, 6.07) is 3.28. The Balaban J connectivity index is 2.59. The summed E-state index contributed by atoms with van der Waals surface area (Å²) in [5.41, 5.74) is 1.78. The van der Waals surface area contributed by atoms with Crippen LogP contribution in [0.5, 0.6) is 0 Å². The normalized spacial score (nSPS) is 11.4. The Hall–Kier alpha value is -2.71. The van der Waals surface area contributed by atoms with Crippen LogP contribution in [0, 0.1) is 11.6 Å². The lowest BCUT2D eigenvalue weighted by Gasteiger charge is -2.11. The Morgan fingerprint density at radius 2 is 1.70 bits per heavy atom. The van der Waals surface area contributed by atoms with E-state index in [9.17, 15) is 26.7 Å². The van der Waals surface area contributed by atoms with Crippen molar-refractivity contribution in [3.63, 3.8) is 0 Å². The second-order valence-corrected chi connectivity index (χ2v) is 4.42. The Labute approximate surface area is 126 Å². The molecule has 0 bridgehead atoms. The molecule has 0 radical (unpaired) electrons. The van der Waals surface area contributed by atoms with Crippen LogP contribution in [0.15, 0.2) is 24.3 Å². The number of carbonyl (C=O) groups is 1. The Morgan fingerprint density at radius 1 is 1.13 bits per heavy atom. The van der Waals surface area contributed by atoms with Crippen LogP contribution >= 0.6 is 0 Å². The molecule has 0 amide bonds. The van der Waals surface area contributed by atoms with E-state index in [1.807, 2.05) is 0 Å². The second kappa shape index (κ2) is 5.82. The van der Waals surface area contributed by atoms with E-state index < -0.39 is 46.4 Å². The number of nitrogens with zero attached hydrogens (tertiary/aromatic N) is 1. The lowest BCUT2D eigenvalue weighted by atomic mass is 10.1. The maximum absolute atomic E-state index is 14.0. The van der Waals surface area contributed by atoms with E-state index in [4.69, 9.17) is 5.73 Å². The third kappa shape index (κ3) is 3.08. The Kier molecular flexibility index (Phi) is 4.22. The first-order chi connectivity index (χ1) is 10.7. The van der Waals surface area contributed by atoms with Crippen molar-refractivity contribution in [3.8, 4) is 11.3 Å². The summed E-state index contributed by atoms with van der Waals surface area (Å²) in [6.07, 6.45) is -4.57. The van der Waals surface area contributed by atoms with Crippen molar-refractivity contribution < 1.29 is 31.5 Å². The zero-order valence-corrected chi connectivity index (χ0v) is 11.5. The van der Waals surface area contributed by atoms with E-state index in [1.165, 1.54) is 0 Å². The average Bonchev–Trinajstić information content (AvgIpc) is 2.51. The molecule has 0 atom stereocenters. The number of carbonyl (C=O) groups excluding carboxylic acids is 1. The van der Waals surface area contributed by atoms with E-state index in [1.54, 1.807) is 0 Å². The van der Waals surface area contributed by atoms with E-state index in [0.717, 1.165) is 19.2 Å². The van der Waals surface area contributed by atoms with Gasteiger partial charge in [-0.3, -0.25) is 0 Å². The van der Waals surface area contributed by atoms with Crippen LogP contribution in [0.2, 0.25) is 0 Å². The minimum atomic E-state index is -4.57. The number of halogens is 5. The molecule has 1 aromatic heterocycles. The molecule has 0 saturated heterocycles. The monoisotopic (exact) mass is 332 g/mol. The highest BCUT2D eigenvalue weighted by Crippen LogP contribution is 2.32. The van der Waals surface area contributed by atoms with Crippen LogP contribution in [0.25, 0.3) is 11.3 Å². The first kappa shape index (κ1) is 16.7. The molecule has 0 unspecified atom stereocenters. The van der Waals surface area contributed by atoms with Gasteiger partial charge in [-0.05, 0) is 12.1 Å². The predicted octanol–water partition coefficient (Wildman–Crippen LogP) is 3.41.